The van der Waals surface area contributed by atoms with Crippen LogP contribution in [0, 0.1) is 0 Å². The quantitative estimate of drug-likeness (QED) is 0.277. The molecule has 0 bridgehead atoms. The lowest BCUT2D eigenvalue weighted by Gasteiger charge is -2.13. The van der Waals surface area contributed by atoms with Gasteiger partial charge in [0.15, 0.2) is 5.11 Å². The van der Waals surface area contributed by atoms with Crippen LogP contribution in [0.2, 0.25) is 0 Å². The van der Waals surface area contributed by atoms with Crippen LogP contribution in [0.5, 0.6) is 5.75 Å². The molecule has 8 nitrogen and oxygen atoms in total. The SMILES string of the molecule is CCOc1ccc(Br)cc1C(=O)NC(=S)NNC(=O)c1ccc(NC(=O)c2ccccc2)cc1. The van der Waals surface area contributed by atoms with Gasteiger partial charge in [-0.2, -0.15) is 0 Å². The van der Waals surface area contributed by atoms with Crippen molar-refractivity contribution in [1.29, 1.82) is 0 Å². The summed E-state index contributed by atoms with van der Waals surface area (Å²) >= 11 is 8.42. The maximum Gasteiger partial charge on any atom is 0.269 e. The summed E-state index contributed by atoms with van der Waals surface area (Å²) in [5.41, 5.74) is 6.60. The monoisotopic (exact) mass is 540 g/mol. The molecule has 4 N–H and O–H groups in total. The summed E-state index contributed by atoms with van der Waals surface area (Å²) in [6, 6.07) is 20.2. The summed E-state index contributed by atoms with van der Waals surface area (Å²) in [5, 5.41) is 5.16. The van der Waals surface area contributed by atoms with Crippen LogP contribution in [0.4, 0.5) is 5.69 Å². The number of carbonyl (C=O) groups is 3. The highest BCUT2D eigenvalue weighted by Gasteiger charge is 2.15. The summed E-state index contributed by atoms with van der Waals surface area (Å²) in [6.07, 6.45) is 0. The molecule has 10 heteroatoms. The fraction of sp³-hybridized carbons (Fsp3) is 0.0833. The fourth-order valence-corrected chi connectivity index (χ4v) is 3.35. The first-order chi connectivity index (χ1) is 16.4. The molecule has 0 spiro atoms. The molecule has 0 unspecified atom stereocenters. The average Bonchev–Trinajstić information content (AvgIpc) is 2.84. The molecule has 0 aromatic heterocycles. The van der Waals surface area contributed by atoms with Crippen LogP contribution in [-0.2, 0) is 0 Å². The summed E-state index contributed by atoms with van der Waals surface area (Å²) in [5.74, 6) is -0.807. The fourth-order valence-electron chi connectivity index (χ4n) is 2.85. The van der Waals surface area contributed by atoms with Crippen molar-refractivity contribution in [3.63, 3.8) is 0 Å². The van der Waals surface area contributed by atoms with Crippen LogP contribution in [0.25, 0.3) is 0 Å². The second-order valence-electron chi connectivity index (χ2n) is 6.83. The van der Waals surface area contributed by atoms with Crippen LogP contribution in [0.1, 0.15) is 38.0 Å². The van der Waals surface area contributed by atoms with Crippen LogP contribution < -0.4 is 26.2 Å². The smallest absolute Gasteiger partial charge is 0.269 e. The second-order valence-corrected chi connectivity index (χ2v) is 8.16. The Kier molecular flexibility index (Phi) is 8.72. The van der Waals surface area contributed by atoms with Gasteiger partial charge < -0.3 is 10.1 Å². The Morgan fingerprint density at radius 3 is 2.21 bits per heavy atom. The Labute approximate surface area is 210 Å². The molecular formula is C24H21BrN4O4S. The van der Waals surface area contributed by atoms with Gasteiger partial charge in [-0.05, 0) is 73.7 Å². The number of carbonyl (C=O) groups excluding carboxylic acids is 3. The Bertz CT molecular complexity index is 1200. The molecule has 0 radical (unpaired) electrons. The highest BCUT2D eigenvalue weighted by molar-refractivity contribution is 9.10. The lowest BCUT2D eigenvalue weighted by Crippen LogP contribution is -2.48. The Morgan fingerprint density at radius 1 is 0.853 bits per heavy atom. The number of halogens is 1. The van der Waals surface area contributed by atoms with Gasteiger partial charge in [-0.25, -0.2) is 0 Å². The lowest BCUT2D eigenvalue weighted by atomic mass is 10.1. The molecule has 34 heavy (non-hydrogen) atoms. The van der Waals surface area contributed by atoms with E-state index in [4.69, 9.17) is 17.0 Å². The lowest BCUT2D eigenvalue weighted by molar-refractivity contribution is 0.0933. The number of anilines is 1. The van der Waals surface area contributed by atoms with Gasteiger partial charge in [0.05, 0.1) is 12.2 Å². The van der Waals surface area contributed by atoms with E-state index in [9.17, 15) is 14.4 Å². The van der Waals surface area contributed by atoms with E-state index in [0.29, 0.717) is 39.2 Å². The molecule has 0 saturated heterocycles. The molecule has 0 aliphatic rings. The minimum atomic E-state index is -0.491. The Balaban J connectivity index is 1.52. The van der Waals surface area contributed by atoms with Crippen molar-refractivity contribution < 1.29 is 19.1 Å². The van der Waals surface area contributed by atoms with Gasteiger partial charge in [0.25, 0.3) is 17.7 Å². The first kappa shape index (κ1) is 24.9. The standard InChI is InChI=1S/C24H21BrN4O4S/c1-2-33-20-13-10-17(25)14-19(20)23(32)27-24(34)29-28-22(31)16-8-11-18(12-9-16)26-21(30)15-6-4-3-5-7-15/h3-14H,2H2,1H3,(H,26,30)(H,28,31)(H2,27,29,32,34). The molecule has 0 aliphatic heterocycles. The molecule has 3 amide bonds. The summed E-state index contributed by atoms with van der Waals surface area (Å²) in [7, 11) is 0. The number of ether oxygens (including phenoxy) is 1. The van der Waals surface area contributed by atoms with Crippen molar-refractivity contribution in [3.8, 4) is 5.75 Å². The van der Waals surface area contributed by atoms with E-state index in [2.05, 4.69) is 37.4 Å². The zero-order valence-corrected chi connectivity index (χ0v) is 20.5. The maximum absolute atomic E-state index is 12.6. The van der Waals surface area contributed by atoms with Gasteiger partial charge in [-0.3, -0.25) is 30.6 Å². The third kappa shape index (κ3) is 6.87. The number of nitrogens with one attached hydrogen (secondary N) is 4. The molecule has 0 saturated carbocycles. The number of hydrazine groups is 1. The third-order valence-corrected chi connectivity index (χ3v) is 5.14. The van der Waals surface area contributed by atoms with Gasteiger partial charge in [-0.1, -0.05) is 34.1 Å². The highest BCUT2D eigenvalue weighted by Crippen LogP contribution is 2.23. The minimum Gasteiger partial charge on any atom is -0.493 e. The summed E-state index contributed by atoms with van der Waals surface area (Å²) in [4.78, 5) is 37.2. The van der Waals surface area contributed by atoms with Crippen molar-refractivity contribution in [1.82, 2.24) is 16.2 Å². The van der Waals surface area contributed by atoms with Crippen molar-refractivity contribution in [3.05, 3.63) is 94.0 Å². The summed E-state index contributed by atoms with van der Waals surface area (Å²) < 4.78 is 6.17. The zero-order chi connectivity index (χ0) is 24.5. The van der Waals surface area contributed by atoms with E-state index in [-0.39, 0.29) is 11.0 Å². The molecule has 0 atom stereocenters. The number of hydrogen-bond donors (Lipinski definition) is 4. The average molecular weight is 541 g/mol. The van der Waals surface area contributed by atoms with E-state index in [1.54, 1.807) is 66.7 Å². The predicted molar refractivity (Wildman–Crippen MR) is 137 cm³/mol. The highest BCUT2D eigenvalue weighted by atomic mass is 79.9. The van der Waals surface area contributed by atoms with E-state index >= 15 is 0 Å². The maximum atomic E-state index is 12.6. The van der Waals surface area contributed by atoms with Crippen LogP contribution in [0.3, 0.4) is 0 Å². The molecule has 0 heterocycles. The van der Waals surface area contributed by atoms with Crippen LogP contribution >= 0.6 is 28.1 Å². The molecule has 3 aromatic rings. The number of thiocarbonyl (C=S) groups is 1. The number of rotatable bonds is 6. The van der Waals surface area contributed by atoms with Crippen molar-refractivity contribution in [2.75, 3.05) is 11.9 Å². The van der Waals surface area contributed by atoms with E-state index < -0.39 is 11.8 Å². The zero-order valence-electron chi connectivity index (χ0n) is 18.1. The van der Waals surface area contributed by atoms with E-state index in [1.165, 1.54) is 0 Å². The molecule has 3 aromatic carbocycles. The first-order valence-electron chi connectivity index (χ1n) is 10.2. The third-order valence-electron chi connectivity index (χ3n) is 4.44. The Morgan fingerprint density at radius 2 is 1.53 bits per heavy atom. The Hall–Kier alpha value is -3.76. The van der Waals surface area contributed by atoms with Gasteiger partial charge >= 0.3 is 0 Å². The minimum absolute atomic E-state index is 0.0903. The van der Waals surface area contributed by atoms with Gasteiger partial charge in [0.2, 0.25) is 0 Å². The van der Waals surface area contributed by atoms with Gasteiger partial charge in [0.1, 0.15) is 5.75 Å². The largest absolute Gasteiger partial charge is 0.493 e. The molecule has 174 valence electrons. The van der Waals surface area contributed by atoms with E-state index in [0.717, 1.165) is 0 Å². The van der Waals surface area contributed by atoms with E-state index in [1.807, 2.05) is 13.0 Å². The topological polar surface area (TPSA) is 109 Å². The van der Waals surface area contributed by atoms with Gasteiger partial charge in [0, 0.05) is 21.3 Å². The van der Waals surface area contributed by atoms with Crippen molar-refractivity contribution in [2.45, 2.75) is 6.92 Å². The second kappa shape index (κ2) is 11.9. The molecular weight excluding hydrogens is 520 g/mol. The van der Waals surface area contributed by atoms with Crippen molar-refractivity contribution >= 4 is 56.7 Å². The number of hydrogen-bond acceptors (Lipinski definition) is 5. The molecule has 3 rings (SSSR count). The van der Waals surface area contributed by atoms with Crippen molar-refractivity contribution in [2.24, 2.45) is 0 Å². The van der Waals surface area contributed by atoms with Crippen LogP contribution in [0.15, 0.2) is 77.3 Å². The number of benzene rings is 3. The van der Waals surface area contributed by atoms with Gasteiger partial charge in [-0.15, -0.1) is 0 Å². The molecule has 0 fully saturated rings. The van der Waals surface area contributed by atoms with Crippen LogP contribution in [-0.4, -0.2) is 29.4 Å². The predicted octanol–water partition coefficient (Wildman–Crippen LogP) is 4.05. The molecule has 0 aliphatic carbocycles. The first-order valence-corrected chi connectivity index (χ1v) is 11.4. The summed E-state index contributed by atoms with van der Waals surface area (Å²) in [6.45, 7) is 2.21. The normalized spacial score (nSPS) is 10.1. The number of amides is 3.